The van der Waals surface area contributed by atoms with E-state index >= 15 is 0 Å². The lowest BCUT2D eigenvalue weighted by Gasteiger charge is -2.25. The first kappa shape index (κ1) is 12.9. The Balaban J connectivity index is 2.03. The second-order valence-electron chi connectivity index (χ2n) is 5.16. The van der Waals surface area contributed by atoms with E-state index in [1.165, 1.54) is 12.8 Å². The summed E-state index contributed by atoms with van der Waals surface area (Å²) in [6.07, 6.45) is 2.41. The Labute approximate surface area is 108 Å². The predicted molar refractivity (Wildman–Crippen MR) is 72.6 cm³/mol. The molecule has 0 heterocycles. The van der Waals surface area contributed by atoms with E-state index in [2.05, 4.69) is 4.90 Å². The second-order valence-corrected chi connectivity index (χ2v) is 5.16. The summed E-state index contributed by atoms with van der Waals surface area (Å²) >= 11 is 0. The maximum atomic E-state index is 11.2. The largest absolute Gasteiger partial charge is 0.398 e. The van der Waals surface area contributed by atoms with Crippen molar-refractivity contribution < 1.29 is 4.79 Å². The molecule has 0 saturated heterocycles. The van der Waals surface area contributed by atoms with Crippen LogP contribution in [0.4, 0.5) is 5.69 Å². The fraction of sp³-hybridized carbons (Fsp3) is 0.500. The minimum Gasteiger partial charge on any atom is -0.398 e. The van der Waals surface area contributed by atoms with Crippen molar-refractivity contribution in [1.29, 1.82) is 0 Å². The molecule has 1 saturated carbocycles. The summed E-state index contributed by atoms with van der Waals surface area (Å²) in [5, 5.41) is 0. The quantitative estimate of drug-likeness (QED) is 0.745. The molecule has 0 radical (unpaired) electrons. The molecule has 0 aromatic heterocycles. The van der Waals surface area contributed by atoms with E-state index in [0.717, 1.165) is 17.8 Å². The molecule has 1 aromatic rings. The van der Waals surface area contributed by atoms with E-state index in [4.69, 9.17) is 11.5 Å². The predicted octanol–water partition coefficient (Wildman–Crippen LogP) is 1.35. The van der Waals surface area contributed by atoms with Crippen molar-refractivity contribution in [2.45, 2.75) is 32.4 Å². The zero-order valence-electron chi connectivity index (χ0n) is 10.8. The van der Waals surface area contributed by atoms with Crippen molar-refractivity contribution in [2.75, 3.05) is 12.3 Å². The van der Waals surface area contributed by atoms with Gasteiger partial charge in [-0.2, -0.15) is 0 Å². The van der Waals surface area contributed by atoms with Gasteiger partial charge in [-0.05, 0) is 24.5 Å². The van der Waals surface area contributed by atoms with Gasteiger partial charge in [0.25, 0.3) is 0 Å². The Hall–Kier alpha value is -1.55. The summed E-state index contributed by atoms with van der Waals surface area (Å²) in [4.78, 5) is 13.5. The Morgan fingerprint density at radius 3 is 2.67 bits per heavy atom. The fourth-order valence-corrected chi connectivity index (χ4v) is 2.12. The molecule has 98 valence electrons. The molecule has 1 fully saturated rings. The average molecular weight is 247 g/mol. The van der Waals surface area contributed by atoms with Gasteiger partial charge in [0.15, 0.2) is 0 Å². The average Bonchev–Trinajstić information content (AvgIpc) is 3.14. The van der Waals surface area contributed by atoms with Crippen molar-refractivity contribution >= 4 is 11.6 Å². The van der Waals surface area contributed by atoms with Gasteiger partial charge in [-0.1, -0.05) is 25.1 Å². The number of primary amides is 1. The first-order valence-electron chi connectivity index (χ1n) is 6.44. The third kappa shape index (κ3) is 3.23. The molecular weight excluding hydrogens is 226 g/mol. The van der Waals surface area contributed by atoms with Gasteiger partial charge in [0.2, 0.25) is 5.91 Å². The summed E-state index contributed by atoms with van der Waals surface area (Å²) in [6.45, 7) is 3.40. The maximum absolute atomic E-state index is 11.2. The number of hydrogen-bond acceptors (Lipinski definition) is 3. The first-order valence-corrected chi connectivity index (χ1v) is 6.44. The van der Waals surface area contributed by atoms with Crippen LogP contribution >= 0.6 is 0 Å². The normalized spacial score (nSPS) is 16.8. The molecule has 1 unspecified atom stereocenters. The molecular formula is C14H21N3O. The number of carbonyl (C=O) groups excluding carboxylic acids is 1. The van der Waals surface area contributed by atoms with E-state index in [1.807, 2.05) is 31.2 Å². The van der Waals surface area contributed by atoms with Crippen molar-refractivity contribution in [3.8, 4) is 0 Å². The highest BCUT2D eigenvalue weighted by molar-refractivity contribution is 5.76. The van der Waals surface area contributed by atoms with Gasteiger partial charge in [0, 0.05) is 30.7 Å². The smallest absolute Gasteiger partial charge is 0.221 e. The third-order valence-corrected chi connectivity index (χ3v) is 3.49. The molecule has 18 heavy (non-hydrogen) atoms. The highest BCUT2D eigenvalue weighted by atomic mass is 16.1. The number of para-hydroxylation sites is 1. The molecule has 0 spiro atoms. The number of rotatable bonds is 6. The Morgan fingerprint density at radius 1 is 1.44 bits per heavy atom. The molecule has 4 N–H and O–H groups in total. The molecule has 1 aromatic carbocycles. The van der Waals surface area contributed by atoms with Crippen LogP contribution < -0.4 is 11.5 Å². The summed E-state index contributed by atoms with van der Waals surface area (Å²) in [5.41, 5.74) is 13.2. The minimum atomic E-state index is -0.235. The van der Waals surface area contributed by atoms with Crippen LogP contribution in [-0.4, -0.2) is 23.4 Å². The van der Waals surface area contributed by atoms with Crippen LogP contribution in [0.2, 0.25) is 0 Å². The Kier molecular flexibility index (Phi) is 3.87. The number of benzene rings is 1. The number of carbonyl (C=O) groups is 1. The molecule has 1 aliphatic rings. The van der Waals surface area contributed by atoms with Gasteiger partial charge < -0.3 is 11.5 Å². The van der Waals surface area contributed by atoms with Crippen molar-refractivity contribution in [3.63, 3.8) is 0 Å². The number of nitrogen functional groups attached to an aromatic ring is 1. The Bertz CT molecular complexity index is 429. The van der Waals surface area contributed by atoms with Gasteiger partial charge in [0.1, 0.15) is 0 Å². The SMILES string of the molecule is CC(CN(Cc1ccccc1N)C1CC1)C(N)=O. The number of hydrogen-bond donors (Lipinski definition) is 2. The van der Waals surface area contributed by atoms with Crippen LogP contribution in [0.5, 0.6) is 0 Å². The van der Waals surface area contributed by atoms with Crippen LogP contribution in [0.3, 0.4) is 0 Å². The first-order chi connectivity index (χ1) is 8.58. The molecule has 1 amide bonds. The topological polar surface area (TPSA) is 72.3 Å². The van der Waals surface area contributed by atoms with E-state index in [-0.39, 0.29) is 11.8 Å². The third-order valence-electron chi connectivity index (χ3n) is 3.49. The fourth-order valence-electron chi connectivity index (χ4n) is 2.12. The van der Waals surface area contributed by atoms with Crippen molar-refractivity contribution in [1.82, 2.24) is 4.90 Å². The standard InChI is InChI=1S/C14H21N3O/c1-10(14(16)18)8-17(12-6-7-12)9-11-4-2-3-5-13(11)15/h2-5,10,12H,6-9,15H2,1H3,(H2,16,18). The number of amides is 1. The van der Waals surface area contributed by atoms with Crippen LogP contribution in [0.15, 0.2) is 24.3 Å². The van der Waals surface area contributed by atoms with Crippen LogP contribution in [0.25, 0.3) is 0 Å². The number of nitrogens with zero attached hydrogens (tertiary/aromatic N) is 1. The molecule has 1 atom stereocenters. The maximum Gasteiger partial charge on any atom is 0.221 e. The molecule has 0 bridgehead atoms. The lowest BCUT2D eigenvalue weighted by Crippen LogP contribution is -2.36. The summed E-state index contributed by atoms with van der Waals surface area (Å²) in [7, 11) is 0. The molecule has 4 nitrogen and oxygen atoms in total. The Morgan fingerprint density at radius 2 is 2.11 bits per heavy atom. The molecule has 4 heteroatoms. The van der Waals surface area contributed by atoms with Gasteiger partial charge in [-0.25, -0.2) is 0 Å². The zero-order valence-corrected chi connectivity index (χ0v) is 10.8. The zero-order chi connectivity index (χ0) is 13.1. The lowest BCUT2D eigenvalue weighted by atomic mass is 10.1. The van der Waals surface area contributed by atoms with E-state index in [1.54, 1.807) is 0 Å². The van der Waals surface area contributed by atoms with Gasteiger partial charge >= 0.3 is 0 Å². The van der Waals surface area contributed by atoms with E-state index in [0.29, 0.717) is 12.6 Å². The lowest BCUT2D eigenvalue weighted by molar-refractivity contribution is -0.121. The van der Waals surface area contributed by atoms with Gasteiger partial charge in [-0.3, -0.25) is 9.69 Å². The van der Waals surface area contributed by atoms with E-state index in [9.17, 15) is 4.79 Å². The molecule has 0 aliphatic heterocycles. The van der Waals surface area contributed by atoms with Crippen molar-refractivity contribution in [3.05, 3.63) is 29.8 Å². The number of nitrogens with two attached hydrogens (primary N) is 2. The highest BCUT2D eigenvalue weighted by Crippen LogP contribution is 2.29. The number of anilines is 1. The van der Waals surface area contributed by atoms with E-state index < -0.39 is 0 Å². The van der Waals surface area contributed by atoms with Gasteiger partial charge in [0.05, 0.1) is 0 Å². The van der Waals surface area contributed by atoms with Gasteiger partial charge in [-0.15, -0.1) is 0 Å². The minimum absolute atomic E-state index is 0.115. The summed E-state index contributed by atoms with van der Waals surface area (Å²) in [5.74, 6) is -0.350. The monoisotopic (exact) mass is 247 g/mol. The second kappa shape index (κ2) is 5.40. The summed E-state index contributed by atoms with van der Waals surface area (Å²) < 4.78 is 0. The van der Waals surface area contributed by atoms with Crippen molar-refractivity contribution in [2.24, 2.45) is 11.7 Å². The van der Waals surface area contributed by atoms with Crippen LogP contribution in [0.1, 0.15) is 25.3 Å². The molecule has 2 rings (SSSR count). The summed E-state index contributed by atoms with van der Waals surface area (Å²) in [6, 6.07) is 8.48. The van der Waals surface area contributed by atoms with Crippen LogP contribution in [0, 0.1) is 5.92 Å². The molecule has 1 aliphatic carbocycles. The highest BCUT2D eigenvalue weighted by Gasteiger charge is 2.30. The van der Waals surface area contributed by atoms with Crippen LogP contribution in [-0.2, 0) is 11.3 Å².